The molecule has 0 saturated carbocycles. The van der Waals surface area contributed by atoms with Gasteiger partial charge in [0.05, 0.1) is 31.9 Å². The number of thioether (sulfide) groups is 1. The maximum atomic E-state index is 12.5. The Bertz CT molecular complexity index is 934. The maximum Gasteiger partial charge on any atom is 0.490 e. The Kier molecular flexibility index (Phi) is 14.1. The number of nitrogens with two attached hydrogens (primary N) is 1. The topological polar surface area (TPSA) is 124 Å². The monoisotopic (exact) mass is 569 g/mol. The summed E-state index contributed by atoms with van der Waals surface area (Å²) in [4.78, 5) is 27.0. The highest BCUT2D eigenvalue weighted by molar-refractivity contribution is 9.10. The summed E-state index contributed by atoms with van der Waals surface area (Å²) in [6.07, 6.45) is -4.02. The van der Waals surface area contributed by atoms with Gasteiger partial charge in [-0.3, -0.25) is 4.79 Å². The van der Waals surface area contributed by atoms with E-state index in [0.717, 1.165) is 32.4 Å². The smallest absolute Gasteiger partial charge is 0.475 e. The van der Waals surface area contributed by atoms with Crippen molar-refractivity contribution in [1.29, 1.82) is 0 Å². The Balaban J connectivity index is 0.000000718. The second-order valence-corrected chi connectivity index (χ2v) is 8.64. The minimum Gasteiger partial charge on any atom is -0.475 e. The van der Waals surface area contributed by atoms with Crippen LogP contribution in [-0.2, 0) is 14.3 Å². The van der Waals surface area contributed by atoms with Gasteiger partial charge in [-0.05, 0) is 36.4 Å². The summed E-state index contributed by atoms with van der Waals surface area (Å²) >= 11 is 5.25. The van der Waals surface area contributed by atoms with Crippen molar-refractivity contribution in [2.45, 2.75) is 24.4 Å². The molecule has 2 aromatic rings. The maximum absolute atomic E-state index is 12.5. The number of pyridine rings is 1. The summed E-state index contributed by atoms with van der Waals surface area (Å²) in [6.45, 7) is 5.01. The number of fused-ring (bicyclic) bond motifs is 1. The number of amides is 1. The number of aromatic nitrogens is 1. The Labute approximate surface area is 207 Å². The molecule has 1 heterocycles. The molecule has 1 aromatic carbocycles. The highest BCUT2D eigenvalue weighted by Gasteiger charge is 2.38. The van der Waals surface area contributed by atoms with Crippen LogP contribution in [0.5, 0.6) is 0 Å². The van der Waals surface area contributed by atoms with Crippen molar-refractivity contribution in [3.8, 4) is 0 Å². The number of carbonyl (C=O) groups is 2. The molecular formula is C21H27BrF3N3O5S. The summed E-state index contributed by atoms with van der Waals surface area (Å²) < 4.78 is 43.4. The van der Waals surface area contributed by atoms with E-state index in [2.05, 4.69) is 33.2 Å². The number of carbonyl (C=O) groups excluding carboxylic acids is 1. The number of carboxylic acid groups (broad SMARTS) is 1. The number of rotatable bonds is 12. The van der Waals surface area contributed by atoms with Gasteiger partial charge in [-0.2, -0.15) is 13.2 Å². The molecule has 0 saturated heterocycles. The number of ether oxygens (including phenoxy) is 2. The third-order valence-corrected chi connectivity index (χ3v) is 5.59. The molecule has 0 fully saturated rings. The van der Waals surface area contributed by atoms with Crippen LogP contribution in [0.2, 0.25) is 0 Å². The minimum absolute atomic E-state index is 0.193. The Morgan fingerprint density at radius 3 is 2.41 bits per heavy atom. The van der Waals surface area contributed by atoms with Gasteiger partial charge < -0.3 is 25.6 Å². The van der Waals surface area contributed by atoms with E-state index in [4.69, 9.17) is 25.1 Å². The van der Waals surface area contributed by atoms with E-state index < -0.39 is 12.1 Å². The minimum atomic E-state index is -5.08. The molecule has 13 heteroatoms. The largest absolute Gasteiger partial charge is 0.490 e. The molecule has 8 nitrogen and oxygen atoms in total. The molecule has 0 radical (unpaired) electrons. The standard InChI is InChI=1S/C19H26BrN3O3S.C2HF3O2/c1-2-11-27-18-13-17(23-16-4-3-14(20)12-15(16)18)19(24)22-6-8-26-10-9-25-7-5-21;3-2(4,5)1(6)7/h3-4,12-13H,2,5-11,21H2,1H3,(H,22,24);(H,6,7). The van der Waals surface area contributed by atoms with Crippen LogP contribution in [0.25, 0.3) is 10.9 Å². The molecule has 4 N–H and O–H groups in total. The molecule has 0 aliphatic rings. The van der Waals surface area contributed by atoms with Crippen molar-refractivity contribution >= 4 is 50.5 Å². The van der Waals surface area contributed by atoms with E-state index in [-0.39, 0.29) is 5.91 Å². The normalized spacial score (nSPS) is 11.1. The molecule has 1 amide bonds. The quantitative estimate of drug-likeness (QED) is 0.260. The Hall–Kier alpha value is -1.93. The first kappa shape index (κ1) is 30.1. The van der Waals surface area contributed by atoms with Crippen molar-refractivity contribution < 1.29 is 37.3 Å². The highest BCUT2D eigenvalue weighted by Crippen LogP contribution is 2.30. The number of nitrogens with zero attached hydrogens (tertiary/aromatic N) is 1. The zero-order valence-corrected chi connectivity index (χ0v) is 20.9. The molecule has 0 unspecified atom stereocenters. The van der Waals surface area contributed by atoms with E-state index in [9.17, 15) is 18.0 Å². The van der Waals surface area contributed by atoms with E-state index >= 15 is 0 Å². The molecule has 0 aliphatic carbocycles. The van der Waals surface area contributed by atoms with E-state index in [0.29, 0.717) is 45.2 Å². The van der Waals surface area contributed by atoms with Crippen LogP contribution in [0.4, 0.5) is 13.2 Å². The summed E-state index contributed by atoms with van der Waals surface area (Å²) in [5.41, 5.74) is 6.58. The molecule has 0 spiro atoms. The van der Waals surface area contributed by atoms with Crippen LogP contribution in [-0.4, -0.2) is 73.4 Å². The van der Waals surface area contributed by atoms with Crippen LogP contribution in [0.15, 0.2) is 33.6 Å². The van der Waals surface area contributed by atoms with E-state index in [1.165, 1.54) is 0 Å². The first-order chi connectivity index (χ1) is 16.1. The van der Waals surface area contributed by atoms with Gasteiger partial charge in [-0.15, -0.1) is 11.8 Å². The average molecular weight is 570 g/mol. The van der Waals surface area contributed by atoms with Gasteiger partial charge in [-0.1, -0.05) is 22.9 Å². The molecule has 2 rings (SSSR count). The molecular weight excluding hydrogens is 543 g/mol. The van der Waals surface area contributed by atoms with Crippen molar-refractivity contribution in [3.63, 3.8) is 0 Å². The SMILES string of the molecule is CCCSc1cc(C(=O)NCCOCCOCCN)nc2ccc(Br)cc12.O=C(O)C(F)(F)F. The van der Waals surface area contributed by atoms with Crippen molar-refractivity contribution in [3.05, 3.63) is 34.4 Å². The highest BCUT2D eigenvalue weighted by atomic mass is 79.9. The fourth-order valence-electron chi connectivity index (χ4n) is 2.35. The van der Waals surface area contributed by atoms with Crippen molar-refractivity contribution in [1.82, 2.24) is 10.3 Å². The van der Waals surface area contributed by atoms with Crippen molar-refractivity contribution in [2.75, 3.05) is 45.3 Å². The fraction of sp³-hybridized carbons (Fsp3) is 0.476. The molecule has 34 heavy (non-hydrogen) atoms. The van der Waals surface area contributed by atoms with E-state index in [1.807, 2.05) is 24.3 Å². The lowest BCUT2D eigenvalue weighted by molar-refractivity contribution is -0.192. The number of halogens is 4. The molecule has 0 atom stereocenters. The van der Waals surface area contributed by atoms with Crippen LogP contribution in [0.3, 0.4) is 0 Å². The summed E-state index contributed by atoms with van der Waals surface area (Å²) in [7, 11) is 0. The van der Waals surface area contributed by atoms with Gasteiger partial charge >= 0.3 is 12.1 Å². The number of aliphatic carboxylic acids is 1. The van der Waals surface area contributed by atoms with Crippen LogP contribution in [0.1, 0.15) is 23.8 Å². The van der Waals surface area contributed by atoms with Gasteiger partial charge in [0.2, 0.25) is 0 Å². The molecule has 0 bridgehead atoms. The van der Waals surface area contributed by atoms with Gasteiger partial charge in [0.25, 0.3) is 5.91 Å². The second-order valence-electron chi connectivity index (χ2n) is 6.59. The van der Waals surface area contributed by atoms with Crippen LogP contribution in [0, 0.1) is 0 Å². The van der Waals surface area contributed by atoms with Gasteiger partial charge in [0.15, 0.2) is 0 Å². The third-order valence-electron chi connectivity index (χ3n) is 3.84. The average Bonchev–Trinajstić information content (AvgIpc) is 2.78. The van der Waals surface area contributed by atoms with Crippen LogP contribution < -0.4 is 11.1 Å². The molecule has 0 aliphatic heterocycles. The lowest BCUT2D eigenvalue weighted by Gasteiger charge is -2.10. The summed E-state index contributed by atoms with van der Waals surface area (Å²) in [5.74, 6) is -1.96. The first-order valence-corrected chi connectivity index (χ1v) is 12.0. The molecule has 190 valence electrons. The fourth-order valence-corrected chi connectivity index (χ4v) is 3.65. The van der Waals surface area contributed by atoms with Gasteiger partial charge in [0, 0.05) is 27.8 Å². The number of alkyl halides is 3. The number of carboxylic acids is 1. The predicted octanol–water partition coefficient (Wildman–Crippen LogP) is 3.85. The number of benzene rings is 1. The number of nitrogens with one attached hydrogen (secondary N) is 1. The lowest BCUT2D eigenvalue weighted by atomic mass is 10.2. The second kappa shape index (κ2) is 15.9. The predicted molar refractivity (Wildman–Crippen MR) is 127 cm³/mol. The lowest BCUT2D eigenvalue weighted by Crippen LogP contribution is -2.28. The van der Waals surface area contributed by atoms with Gasteiger partial charge in [0.1, 0.15) is 5.69 Å². The number of hydrogen-bond acceptors (Lipinski definition) is 7. The first-order valence-electron chi connectivity index (χ1n) is 10.3. The Morgan fingerprint density at radius 1 is 1.18 bits per heavy atom. The Morgan fingerprint density at radius 2 is 1.82 bits per heavy atom. The van der Waals surface area contributed by atoms with Crippen LogP contribution >= 0.6 is 27.7 Å². The third kappa shape index (κ3) is 11.5. The summed E-state index contributed by atoms with van der Waals surface area (Å²) in [6, 6.07) is 7.77. The number of hydrogen-bond donors (Lipinski definition) is 3. The summed E-state index contributed by atoms with van der Waals surface area (Å²) in [5, 5.41) is 11.0. The van der Waals surface area contributed by atoms with E-state index in [1.54, 1.807) is 11.8 Å². The van der Waals surface area contributed by atoms with Gasteiger partial charge in [-0.25, -0.2) is 9.78 Å². The zero-order valence-electron chi connectivity index (χ0n) is 18.5. The molecule has 1 aromatic heterocycles. The zero-order chi connectivity index (χ0) is 25.6. The van der Waals surface area contributed by atoms with Crippen molar-refractivity contribution in [2.24, 2.45) is 5.73 Å².